The second-order valence-electron chi connectivity index (χ2n) is 5.46. The van der Waals surface area contributed by atoms with Gasteiger partial charge in [0.25, 0.3) is 0 Å². The summed E-state index contributed by atoms with van der Waals surface area (Å²) in [6.45, 7) is 5.75. The van der Waals surface area contributed by atoms with Crippen molar-refractivity contribution < 1.29 is 9.05 Å². The number of pyridine rings is 1. The molecule has 102 valence electrons. The molecule has 1 aromatic rings. The number of unbranched alkanes of at least 4 members (excludes halogenated alkanes) is 1. The summed E-state index contributed by atoms with van der Waals surface area (Å²) in [5.41, 5.74) is 1.35. The van der Waals surface area contributed by atoms with Crippen LogP contribution in [0.2, 0.25) is 0 Å². The zero-order valence-electron chi connectivity index (χ0n) is 11.8. The lowest BCUT2D eigenvalue weighted by atomic mass is 10.2. The van der Waals surface area contributed by atoms with E-state index in [9.17, 15) is 0 Å². The fourth-order valence-electron chi connectivity index (χ4n) is 2.03. The van der Waals surface area contributed by atoms with Gasteiger partial charge in [0.2, 0.25) is 0 Å². The van der Waals surface area contributed by atoms with Gasteiger partial charge in [0.05, 0.1) is 32.9 Å². The van der Waals surface area contributed by atoms with E-state index >= 15 is 0 Å². The molecule has 18 heavy (non-hydrogen) atoms. The lowest BCUT2D eigenvalue weighted by molar-refractivity contribution is -0.888. The Labute approximate surface area is 121 Å². The van der Waals surface area contributed by atoms with Gasteiger partial charge in [0.15, 0.2) is 11.9 Å². The minimum atomic E-state index is 1.10. The summed E-state index contributed by atoms with van der Waals surface area (Å²) in [5, 5.41) is 0. The normalized spacial score (nSPS) is 11.8. The molecule has 1 heterocycles. The first kappa shape index (κ1) is 15.9. The lowest BCUT2D eigenvalue weighted by Crippen LogP contribution is -2.43. The Bertz CT molecular complexity index is 353. The van der Waals surface area contributed by atoms with Crippen molar-refractivity contribution in [3.05, 3.63) is 30.1 Å². The largest absolute Gasteiger partial charge is 0.328 e. The van der Waals surface area contributed by atoms with E-state index in [1.807, 2.05) is 0 Å². The molecule has 0 atom stereocenters. The molecule has 0 spiro atoms. The Balaban J connectivity index is 2.24. The predicted octanol–water partition coefficient (Wildman–Crippen LogP) is 2.72. The van der Waals surface area contributed by atoms with Crippen molar-refractivity contribution in [2.45, 2.75) is 26.3 Å². The molecule has 4 heteroatoms. The van der Waals surface area contributed by atoms with Gasteiger partial charge < -0.3 is 4.48 Å². The zero-order chi connectivity index (χ0) is 13.4. The maximum Gasteiger partial charge on any atom is 0.178 e. The van der Waals surface area contributed by atoms with Crippen molar-refractivity contribution in [1.29, 1.82) is 0 Å². The highest BCUT2D eigenvalue weighted by atomic mass is 33.1. The van der Waals surface area contributed by atoms with Gasteiger partial charge in [0, 0.05) is 31.9 Å². The van der Waals surface area contributed by atoms with E-state index < -0.39 is 0 Å². The van der Waals surface area contributed by atoms with Crippen LogP contribution in [0.1, 0.15) is 18.5 Å². The van der Waals surface area contributed by atoms with Crippen molar-refractivity contribution in [3.8, 4) is 0 Å². The first-order valence-corrected chi connectivity index (χ1v) is 8.62. The smallest absolute Gasteiger partial charge is 0.178 e. The average Bonchev–Trinajstić information content (AvgIpc) is 2.34. The number of aryl methyl sites for hydroxylation is 2. The molecule has 0 unspecified atom stereocenters. The number of hydrogen-bond acceptors (Lipinski definition) is 2. The van der Waals surface area contributed by atoms with Crippen LogP contribution in [-0.4, -0.2) is 37.4 Å². The van der Waals surface area contributed by atoms with Crippen LogP contribution < -0.4 is 4.57 Å². The molecular formula is C14H26N2S2+2. The van der Waals surface area contributed by atoms with Gasteiger partial charge in [-0.2, -0.15) is 0 Å². The summed E-state index contributed by atoms with van der Waals surface area (Å²) in [5.74, 6) is 1.13. The number of thiol groups is 1. The maximum absolute atomic E-state index is 4.20. The monoisotopic (exact) mass is 286 g/mol. The van der Waals surface area contributed by atoms with Gasteiger partial charge in [-0.25, -0.2) is 4.57 Å². The van der Waals surface area contributed by atoms with Crippen LogP contribution in [0.5, 0.6) is 0 Å². The molecule has 0 aliphatic rings. The van der Waals surface area contributed by atoms with Crippen LogP contribution >= 0.6 is 22.5 Å². The fourth-order valence-corrected chi connectivity index (χ4v) is 2.86. The van der Waals surface area contributed by atoms with Crippen LogP contribution in [0.4, 0.5) is 0 Å². The molecule has 0 N–H and O–H groups in total. The van der Waals surface area contributed by atoms with Crippen LogP contribution in [0, 0.1) is 6.92 Å². The highest BCUT2D eigenvalue weighted by Gasteiger charge is 2.14. The highest BCUT2D eigenvalue weighted by Crippen LogP contribution is 2.09. The van der Waals surface area contributed by atoms with E-state index in [0.717, 1.165) is 16.8 Å². The molecule has 0 aromatic carbocycles. The zero-order valence-corrected chi connectivity index (χ0v) is 13.5. The number of quaternary nitrogens is 1. The van der Waals surface area contributed by atoms with E-state index in [-0.39, 0.29) is 0 Å². The Hall–Kier alpha value is -0.190. The van der Waals surface area contributed by atoms with Gasteiger partial charge >= 0.3 is 0 Å². The van der Waals surface area contributed by atoms with Crippen LogP contribution in [-0.2, 0) is 6.54 Å². The average molecular weight is 287 g/mol. The quantitative estimate of drug-likeness (QED) is 0.253. The molecule has 0 amide bonds. The molecule has 0 saturated heterocycles. The van der Waals surface area contributed by atoms with E-state index in [2.05, 4.69) is 61.6 Å². The van der Waals surface area contributed by atoms with Gasteiger partial charge in [0.1, 0.15) is 6.54 Å². The highest BCUT2D eigenvalue weighted by molar-refractivity contribution is 8.68. The third-order valence-electron chi connectivity index (χ3n) is 3.37. The third kappa shape index (κ3) is 6.12. The molecule has 0 fully saturated rings. The third-order valence-corrected chi connectivity index (χ3v) is 4.28. The summed E-state index contributed by atoms with van der Waals surface area (Å²) in [6, 6.07) is 6.38. The summed E-state index contributed by atoms with van der Waals surface area (Å²) in [4.78, 5) is 0. The second kappa shape index (κ2) is 8.08. The van der Waals surface area contributed by atoms with Crippen molar-refractivity contribution in [2.24, 2.45) is 0 Å². The van der Waals surface area contributed by atoms with Crippen LogP contribution in [0.3, 0.4) is 0 Å². The number of rotatable bonds is 8. The molecule has 0 aliphatic heterocycles. The van der Waals surface area contributed by atoms with Gasteiger partial charge in [-0.15, -0.1) is 11.7 Å². The van der Waals surface area contributed by atoms with E-state index in [4.69, 9.17) is 0 Å². The Morgan fingerprint density at radius 1 is 1.22 bits per heavy atom. The van der Waals surface area contributed by atoms with Gasteiger partial charge in [-0.05, 0) is 0 Å². The Morgan fingerprint density at radius 2 is 2.00 bits per heavy atom. The molecule has 0 bridgehead atoms. The van der Waals surface area contributed by atoms with Gasteiger partial charge in [-0.3, -0.25) is 0 Å². The van der Waals surface area contributed by atoms with Crippen LogP contribution in [0.25, 0.3) is 0 Å². The number of nitrogens with zero attached hydrogens (tertiary/aromatic N) is 2. The first-order chi connectivity index (χ1) is 8.55. The van der Waals surface area contributed by atoms with Crippen molar-refractivity contribution in [1.82, 2.24) is 0 Å². The summed E-state index contributed by atoms with van der Waals surface area (Å²) >= 11 is 4.20. The lowest BCUT2D eigenvalue weighted by Gasteiger charge is -2.29. The van der Waals surface area contributed by atoms with Gasteiger partial charge in [-0.1, -0.05) is 16.9 Å². The number of hydrogen-bond donors (Lipinski definition) is 1. The topological polar surface area (TPSA) is 3.88 Å². The molecule has 1 aromatic heterocycles. The van der Waals surface area contributed by atoms with E-state index in [0.29, 0.717) is 0 Å². The predicted molar refractivity (Wildman–Crippen MR) is 83.9 cm³/mol. The number of aromatic nitrogens is 1. The van der Waals surface area contributed by atoms with Crippen LogP contribution in [0.15, 0.2) is 24.4 Å². The molecule has 0 saturated carbocycles. The minimum absolute atomic E-state index is 1.10. The van der Waals surface area contributed by atoms with E-state index in [1.165, 1.54) is 31.6 Å². The Morgan fingerprint density at radius 3 is 2.67 bits per heavy atom. The molecule has 0 aliphatic carbocycles. The summed E-state index contributed by atoms with van der Waals surface area (Å²) in [7, 11) is 6.26. The minimum Gasteiger partial charge on any atom is -0.328 e. The fraction of sp³-hybridized carbons (Fsp3) is 0.643. The second-order valence-corrected chi connectivity index (χ2v) is 6.90. The van der Waals surface area contributed by atoms with Crippen molar-refractivity contribution in [2.75, 3.05) is 32.9 Å². The maximum atomic E-state index is 4.20. The molecule has 1 rings (SSSR count). The van der Waals surface area contributed by atoms with E-state index in [1.54, 1.807) is 10.8 Å². The SMILES string of the molecule is Cc1cccc[n+]1CCCC[N+](C)(C)CCSS. The summed E-state index contributed by atoms with van der Waals surface area (Å²) in [6.07, 6.45) is 4.71. The van der Waals surface area contributed by atoms with Crippen molar-refractivity contribution in [3.63, 3.8) is 0 Å². The molecule has 0 radical (unpaired) electrons. The molecule has 2 nitrogen and oxygen atoms in total. The summed E-state index contributed by atoms with van der Waals surface area (Å²) < 4.78 is 3.44. The molecular weight excluding hydrogens is 260 g/mol. The standard InChI is InChI=1S/C14H25N2S2/c1-14-8-4-5-9-15(14)10-6-7-11-16(2,3)12-13-18-17/h4-5,8-9H,6-7,10-13H2,1-3H3/q+1/p+1. The first-order valence-electron chi connectivity index (χ1n) is 6.58. The Kier molecular flexibility index (Phi) is 7.12. The van der Waals surface area contributed by atoms with Crippen molar-refractivity contribution >= 4 is 22.5 Å².